The summed E-state index contributed by atoms with van der Waals surface area (Å²) in [6.07, 6.45) is 7.50. The van der Waals surface area contributed by atoms with E-state index in [1.165, 1.54) is 19.3 Å². The molecule has 3 atom stereocenters. The molecule has 0 spiro atoms. The fourth-order valence-corrected chi connectivity index (χ4v) is 2.80. The van der Waals surface area contributed by atoms with Gasteiger partial charge < -0.3 is 5.32 Å². The topological polar surface area (TPSA) is 37.8 Å². The number of hydrogen-bond acceptors (Lipinski definition) is 4. The maximum atomic E-state index is 4.29. The maximum Gasteiger partial charge on any atom is 0.130 e. The minimum absolute atomic E-state index is 0.575. The highest BCUT2D eigenvalue weighted by molar-refractivity contribution is 7.98. The van der Waals surface area contributed by atoms with Gasteiger partial charge in [-0.2, -0.15) is 0 Å². The molecule has 1 aromatic rings. The zero-order valence-corrected chi connectivity index (χ0v) is 11.6. The molecule has 3 unspecified atom stereocenters. The molecule has 0 radical (unpaired) electrons. The van der Waals surface area contributed by atoms with E-state index in [-0.39, 0.29) is 0 Å². The monoisotopic (exact) mass is 251 g/mol. The van der Waals surface area contributed by atoms with Crippen LogP contribution in [0, 0.1) is 11.8 Å². The summed E-state index contributed by atoms with van der Waals surface area (Å²) in [7, 11) is 0. The zero-order chi connectivity index (χ0) is 12.3. The number of anilines is 1. The lowest BCUT2D eigenvalue weighted by molar-refractivity contribution is 0.260. The van der Waals surface area contributed by atoms with Crippen molar-refractivity contribution in [2.24, 2.45) is 11.8 Å². The van der Waals surface area contributed by atoms with Crippen molar-refractivity contribution in [1.82, 2.24) is 9.97 Å². The Labute approximate surface area is 108 Å². The second kappa shape index (κ2) is 5.71. The molecule has 0 bridgehead atoms. The first-order valence-electron chi connectivity index (χ1n) is 6.31. The summed E-state index contributed by atoms with van der Waals surface area (Å²) in [6.45, 7) is 4.71. The molecule has 0 saturated heterocycles. The molecule has 1 fully saturated rings. The van der Waals surface area contributed by atoms with Gasteiger partial charge in [0.05, 0.1) is 0 Å². The fourth-order valence-electron chi connectivity index (χ4n) is 2.42. The molecule has 3 nitrogen and oxygen atoms in total. The van der Waals surface area contributed by atoms with Gasteiger partial charge in [-0.05, 0) is 37.4 Å². The lowest BCUT2D eigenvalue weighted by Crippen LogP contribution is -2.30. The van der Waals surface area contributed by atoms with E-state index >= 15 is 0 Å². The van der Waals surface area contributed by atoms with Gasteiger partial charge in [0.25, 0.3) is 0 Å². The summed E-state index contributed by atoms with van der Waals surface area (Å²) in [5.41, 5.74) is 0. The van der Waals surface area contributed by atoms with Gasteiger partial charge in [0, 0.05) is 12.1 Å². The average Bonchev–Trinajstić information content (AvgIpc) is 2.34. The lowest BCUT2D eigenvalue weighted by atomic mass is 9.79. The van der Waals surface area contributed by atoms with Crippen LogP contribution in [0.3, 0.4) is 0 Å². The Kier molecular flexibility index (Phi) is 4.26. The van der Waals surface area contributed by atoms with Gasteiger partial charge in [0.15, 0.2) is 0 Å². The molecule has 4 heteroatoms. The first kappa shape index (κ1) is 12.7. The Morgan fingerprint density at radius 3 is 2.76 bits per heavy atom. The van der Waals surface area contributed by atoms with E-state index in [9.17, 15) is 0 Å². The number of hydrogen-bond donors (Lipinski definition) is 1. The molecular formula is C13H21N3S. The number of nitrogens with one attached hydrogen (secondary N) is 1. The summed E-state index contributed by atoms with van der Waals surface area (Å²) >= 11 is 1.65. The van der Waals surface area contributed by atoms with E-state index < -0.39 is 0 Å². The van der Waals surface area contributed by atoms with Crippen molar-refractivity contribution >= 4 is 17.6 Å². The third-order valence-electron chi connectivity index (χ3n) is 3.80. The van der Waals surface area contributed by atoms with Crippen molar-refractivity contribution in [2.75, 3.05) is 11.6 Å². The highest BCUT2D eigenvalue weighted by Gasteiger charge is 2.24. The predicted octanol–water partition coefficient (Wildman–Crippen LogP) is 3.44. The number of thioether (sulfide) groups is 1. The minimum Gasteiger partial charge on any atom is -0.367 e. The molecule has 1 heterocycles. The molecule has 2 rings (SSSR count). The lowest BCUT2D eigenvalue weighted by Gasteiger charge is -2.32. The van der Waals surface area contributed by atoms with Crippen LogP contribution >= 0.6 is 11.8 Å². The number of nitrogens with zero attached hydrogens (tertiary/aromatic N) is 2. The summed E-state index contributed by atoms with van der Waals surface area (Å²) in [6, 6.07) is 2.61. The van der Waals surface area contributed by atoms with Gasteiger partial charge in [0.2, 0.25) is 0 Å². The van der Waals surface area contributed by atoms with Gasteiger partial charge in [-0.1, -0.05) is 13.8 Å². The van der Waals surface area contributed by atoms with Crippen LogP contribution in [0.2, 0.25) is 0 Å². The summed E-state index contributed by atoms with van der Waals surface area (Å²) in [5, 5.41) is 4.57. The van der Waals surface area contributed by atoms with Crippen molar-refractivity contribution < 1.29 is 0 Å². The largest absolute Gasteiger partial charge is 0.367 e. The zero-order valence-electron chi connectivity index (χ0n) is 10.8. The van der Waals surface area contributed by atoms with Crippen LogP contribution in [0.5, 0.6) is 0 Å². The molecule has 17 heavy (non-hydrogen) atoms. The fraction of sp³-hybridized carbons (Fsp3) is 0.692. The molecule has 0 aliphatic heterocycles. The van der Waals surface area contributed by atoms with Crippen LogP contribution in [-0.4, -0.2) is 22.3 Å². The van der Waals surface area contributed by atoms with Crippen molar-refractivity contribution in [3.05, 3.63) is 12.4 Å². The highest BCUT2D eigenvalue weighted by atomic mass is 32.2. The summed E-state index contributed by atoms with van der Waals surface area (Å²) in [4.78, 5) is 8.48. The quantitative estimate of drug-likeness (QED) is 0.659. The summed E-state index contributed by atoms with van der Waals surface area (Å²) < 4.78 is 0. The van der Waals surface area contributed by atoms with Gasteiger partial charge in [-0.3, -0.25) is 0 Å². The number of rotatable bonds is 3. The number of aromatic nitrogens is 2. The Hall–Kier alpha value is -0.770. The smallest absolute Gasteiger partial charge is 0.130 e. The van der Waals surface area contributed by atoms with Crippen molar-refractivity contribution in [3.63, 3.8) is 0 Å². The van der Waals surface area contributed by atoms with Crippen LogP contribution in [-0.2, 0) is 0 Å². The van der Waals surface area contributed by atoms with Crippen LogP contribution in [0.1, 0.15) is 33.1 Å². The van der Waals surface area contributed by atoms with E-state index in [2.05, 4.69) is 29.1 Å². The molecule has 94 valence electrons. The average molecular weight is 251 g/mol. The van der Waals surface area contributed by atoms with Crippen molar-refractivity contribution in [1.29, 1.82) is 0 Å². The van der Waals surface area contributed by atoms with Gasteiger partial charge in [0.1, 0.15) is 17.2 Å². The van der Waals surface area contributed by atoms with Crippen molar-refractivity contribution in [3.8, 4) is 0 Å². The maximum absolute atomic E-state index is 4.29. The van der Waals surface area contributed by atoms with Gasteiger partial charge in [-0.15, -0.1) is 11.8 Å². The predicted molar refractivity (Wildman–Crippen MR) is 73.4 cm³/mol. The first-order valence-corrected chi connectivity index (χ1v) is 7.54. The van der Waals surface area contributed by atoms with E-state index in [1.807, 2.05) is 12.3 Å². The third-order valence-corrected chi connectivity index (χ3v) is 4.44. The molecule has 1 aliphatic carbocycles. The second-order valence-corrected chi connectivity index (χ2v) is 5.88. The molecule has 1 aliphatic rings. The standard InChI is InChI=1S/C13H21N3S/c1-9-4-5-11(6-10(9)2)16-12-7-13(17-3)15-8-14-12/h7-11H,4-6H2,1-3H3,(H,14,15,16). The van der Waals surface area contributed by atoms with Crippen LogP contribution in [0.15, 0.2) is 17.4 Å². The van der Waals surface area contributed by atoms with Gasteiger partial charge in [-0.25, -0.2) is 9.97 Å². The third kappa shape index (κ3) is 3.35. The van der Waals surface area contributed by atoms with E-state index in [4.69, 9.17) is 0 Å². The van der Waals surface area contributed by atoms with Crippen LogP contribution in [0.25, 0.3) is 0 Å². The van der Waals surface area contributed by atoms with E-state index in [1.54, 1.807) is 18.1 Å². The Bertz CT molecular complexity index is 369. The second-order valence-electron chi connectivity index (χ2n) is 5.05. The Morgan fingerprint density at radius 1 is 1.24 bits per heavy atom. The Balaban J connectivity index is 1.96. The molecule has 1 aromatic heterocycles. The SMILES string of the molecule is CSc1cc(NC2CCC(C)C(C)C2)ncn1. The van der Waals surface area contributed by atoms with Crippen LogP contribution in [0.4, 0.5) is 5.82 Å². The molecule has 0 amide bonds. The first-order chi connectivity index (χ1) is 8.19. The van der Waals surface area contributed by atoms with Crippen molar-refractivity contribution in [2.45, 2.75) is 44.2 Å². The normalized spacial score (nSPS) is 29.0. The molecule has 1 saturated carbocycles. The van der Waals surface area contributed by atoms with E-state index in [0.29, 0.717) is 6.04 Å². The van der Waals surface area contributed by atoms with Crippen LogP contribution < -0.4 is 5.32 Å². The highest BCUT2D eigenvalue weighted by Crippen LogP contribution is 2.30. The molecule has 0 aromatic carbocycles. The van der Waals surface area contributed by atoms with Gasteiger partial charge >= 0.3 is 0 Å². The molecule has 1 N–H and O–H groups in total. The van der Waals surface area contributed by atoms with E-state index in [0.717, 1.165) is 22.7 Å². The Morgan fingerprint density at radius 2 is 2.06 bits per heavy atom. The summed E-state index contributed by atoms with van der Waals surface area (Å²) in [5.74, 6) is 2.64. The molecular weight excluding hydrogens is 230 g/mol. The minimum atomic E-state index is 0.575.